The van der Waals surface area contributed by atoms with Crippen molar-refractivity contribution in [1.82, 2.24) is 15.1 Å². The van der Waals surface area contributed by atoms with Crippen molar-refractivity contribution in [2.75, 3.05) is 19.4 Å². The average Bonchev–Trinajstić information content (AvgIpc) is 2.90. The van der Waals surface area contributed by atoms with Crippen LogP contribution in [0, 0.1) is 12.8 Å². The summed E-state index contributed by atoms with van der Waals surface area (Å²) in [5, 5.41) is 11.3. The van der Waals surface area contributed by atoms with Gasteiger partial charge in [-0.05, 0) is 73.9 Å². The van der Waals surface area contributed by atoms with E-state index in [2.05, 4.69) is 50.4 Å². The lowest BCUT2D eigenvalue weighted by Crippen LogP contribution is -2.37. The van der Waals surface area contributed by atoms with E-state index < -0.39 is 0 Å². The number of anilines is 1. The molecule has 1 aliphatic carbocycles. The molecule has 2 N–H and O–H groups in total. The van der Waals surface area contributed by atoms with Gasteiger partial charge in [0.25, 0.3) is 0 Å². The molecule has 2 aromatic rings. The van der Waals surface area contributed by atoms with Crippen molar-refractivity contribution in [3.05, 3.63) is 22.2 Å². The molecule has 2 atom stereocenters. The molecule has 0 spiro atoms. The third-order valence-corrected chi connectivity index (χ3v) is 5.38. The molecule has 3 rings (SSSR count). The van der Waals surface area contributed by atoms with E-state index in [9.17, 15) is 4.79 Å². The summed E-state index contributed by atoms with van der Waals surface area (Å²) in [5.41, 5.74) is 2.05. The molecule has 1 aromatic heterocycles. The molecule has 1 heterocycles. The summed E-state index contributed by atoms with van der Waals surface area (Å²) in [7, 11) is 4.18. The Morgan fingerprint density at radius 2 is 2.17 bits per heavy atom. The quantitative estimate of drug-likeness (QED) is 0.855. The summed E-state index contributed by atoms with van der Waals surface area (Å²) >= 11 is 3.54. The molecule has 5 nitrogen and oxygen atoms in total. The molecule has 2 unspecified atom stereocenters. The Balaban J connectivity index is 1.78. The summed E-state index contributed by atoms with van der Waals surface area (Å²) in [6, 6.07) is 4.57. The minimum absolute atomic E-state index is 0.0659. The number of benzene rings is 1. The van der Waals surface area contributed by atoms with Crippen LogP contribution < -0.4 is 5.32 Å². The fourth-order valence-electron chi connectivity index (χ4n) is 3.40. The highest BCUT2D eigenvalue weighted by Gasteiger charge is 2.29. The molecule has 1 aromatic carbocycles. The van der Waals surface area contributed by atoms with Gasteiger partial charge in [0.1, 0.15) is 0 Å². The van der Waals surface area contributed by atoms with Gasteiger partial charge < -0.3 is 10.2 Å². The van der Waals surface area contributed by atoms with Crippen molar-refractivity contribution >= 4 is 38.6 Å². The van der Waals surface area contributed by atoms with E-state index in [0.717, 1.165) is 40.2 Å². The van der Waals surface area contributed by atoms with Gasteiger partial charge in [-0.3, -0.25) is 9.89 Å². The van der Waals surface area contributed by atoms with E-state index in [0.29, 0.717) is 11.9 Å². The van der Waals surface area contributed by atoms with Crippen LogP contribution in [0.1, 0.15) is 31.2 Å². The molecule has 1 saturated carbocycles. The molecular weight excluding hydrogens is 356 g/mol. The number of aryl methyl sites for hydroxylation is 1. The van der Waals surface area contributed by atoms with Crippen molar-refractivity contribution < 1.29 is 4.79 Å². The lowest BCUT2D eigenvalue weighted by atomic mass is 9.84. The molecule has 0 bridgehead atoms. The number of halogens is 1. The predicted octanol–water partition coefficient (Wildman–Crippen LogP) is 3.69. The zero-order chi connectivity index (χ0) is 16.6. The molecule has 0 radical (unpaired) electrons. The second-order valence-electron chi connectivity index (χ2n) is 6.71. The Morgan fingerprint density at radius 1 is 1.39 bits per heavy atom. The zero-order valence-electron chi connectivity index (χ0n) is 13.8. The zero-order valence-corrected chi connectivity index (χ0v) is 15.4. The number of rotatable bonds is 3. The van der Waals surface area contributed by atoms with Gasteiger partial charge in [-0.1, -0.05) is 6.42 Å². The van der Waals surface area contributed by atoms with E-state index in [4.69, 9.17) is 0 Å². The van der Waals surface area contributed by atoms with Crippen LogP contribution in [0.3, 0.4) is 0 Å². The summed E-state index contributed by atoms with van der Waals surface area (Å²) in [6.45, 7) is 2.03. The standard InChI is InChI=1S/C17H23BrN4O/c1-10-7-13-15(14(18)8-10)20-21-16(13)19-17(23)11-5-4-6-12(9-11)22(2)3/h7-8,11-12H,4-6,9H2,1-3H3,(H2,19,20,21,23). The number of hydrogen-bond donors (Lipinski definition) is 2. The number of fused-ring (bicyclic) bond motifs is 1. The molecular formula is C17H23BrN4O. The number of nitrogens with one attached hydrogen (secondary N) is 2. The number of nitrogens with zero attached hydrogens (tertiary/aromatic N) is 2. The van der Waals surface area contributed by atoms with Crippen LogP contribution in [-0.2, 0) is 4.79 Å². The maximum Gasteiger partial charge on any atom is 0.228 e. The monoisotopic (exact) mass is 378 g/mol. The van der Waals surface area contributed by atoms with E-state index in [-0.39, 0.29) is 11.8 Å². The Hall–Kier alpha value is -1.40. The van der Waals surface area contributed by atoms with Crippen molar-refractivity contribution in [3.8, 4) is 0 Å². The Kier molecular flexibility index (Phi) is 4.73. The highest BCUT2D eigenvalue weighted by atomic mass is 79.9. The van der Waals surface area contributed by atoms with Crippen LogP contribution in [0.5, 0.6) is 0 Å². The van der Waals surface area contributed by atoms with Crippen LogP contribution in [-0.4, -0.2) is 41.1 Å². The molecule has 1 amide bonds. The van der Waals surface area contributed by atoms with Gasteiger partial charge in [-0.15, -0.1) is 0 Å². The van der Waals surface area contributed by atoms with Gasteiger partial charge in [-0.2, -0.15) is 5.10 Å². The predicted molar refractivity (Wildman–Crippen MR) is 96.6 cm³/mol. The van der Waals surface area contributed by atoms with Crippen LogP contribution in [0.2, 0.25) is 0 Å². The molecule has 124 valence electrons. The summed E-state index contributed by atoms with van der Waals surface area (Å²) in [4.78, 5) is 14.9. The van der Waals surface area contributed by atoms with E-state index in [1.165, 1.54) is 6.42 Å². The first-order valence-corrected chi connectivity index (χ1v) is 8.86. The molecule has 23 heavy (non-hydrogen) atoms. The fraction of sp³-hybridized carbons (Fsp3) is 0.529. The third-order valence-electron chi connectivity index (χ3n) is 4.76. The smallest absolute Gasteiger partial charge is 0.228 e. The number of carbonyl (C=O) groups is 1. The van der Waals surface area contributed by atoms with E-state index in [1.54, 1.807) is 0 Å². The summed E-state index contributed by atoms with van der Waals surface area (Å²) in [6.07, 6.45) is 4.16. The Labute approximate surface area is 144 Å². The molecule has 1 fully saturated rings. The number of amides is 1. The van der Waals surface area contributed by atoms with Gasteiger partial charge in [0.2, 0.25) is 5.91 Å². The average molecular weight is 379 g/mol. The first-order chi connectivity index (χ1) is 11.0. The van der Waals surface area contributed by atoms with Crippen LogP contribution >= 0.6 is 15.9 Å². The minimum Gasteiger partial charge on any atom is -0.308 e. The fourth-order valence-corrected chi connectivity index (χ4v) is 4.06. The summed E-state index contributed by atoms with van der Waals surface area (Å²) in [5.74, 6) is 0.778. The molecule has 0 aliphatic heterocycles. The van der Waals surface area contributed by atoms with Gasteiger partial charge >= 0.3 is 0 Å². The van der Waals surface area contributed by atoms with Crippen molar-refractivity contribution in [3.63, 3.8) is 0 Å². The van der Waals surface area contributed by atoms with Crippen molar-refractivity contribution in [2.45, 2.75) is 38.6 Å². The SMILES string of the molecule is Cc1cc(Br)c2[nH]nc(NC(=O)C3CCCC(N(C)C)C3)c2c1. The normalized spacial score (nSPS) is 21.8. The van der Waals surface area contributed by atoms with Gasteiger partial charge in [0.05, 0.1) is 5.52 Å². The van der Waals surface area contributed by atoms with Gasteiger partial charge in [-0.25, -0.2) is 0 Å². The minimum atomic E-state index is 0.0659. The summed E-state index contributed by atoms with van der Waals surface area (Å²) < 4.78 is 0.964. The van der Waals surface area contributed by atoms with Gasteiger partial charge in [0.15, 0.2) is 5.82 Å². The molecule has 0 saturated heterocycles. The van der Waals surface area contributed by atoms with E-state index in [1.807, 2.05) is 19.1 Å². The number of carbonyl (C=O) groups excluding carboxylic acids is 1. The second kappa shape index (κ2) is 6.61. The van der Waals surface area contributed by atoms with Crippen LogP contribution in [0.25, 0.3) is 10.9 Å². The van der Waals surface area contributed by atoms with Crippen LogP contribution in [0.4, 0.5) is 5.82 Å². The maximum absolute atomic E-state index is 12.7. The Bertz CT molecular complexity index is 725. The maximum atomic E-state index is 12.7. The highest BCUT2D eigenvalue weighted by molar-refractivity contribution is 9.10. The molecule has 6 heteroatoms. The Morgan fingerprint density at radius 3 is 2.91 bits per heavy atom. The van der Waals surface area contributed by atoms with Crippen molar-refractivity contribution in [1.29, 1.82) is 0 Å². The number of hydrogen-bond acceptors (Lipinski definition) is 3. The highest BCUT2D eigenvalue weighted by Crippen LogP contribution is 2.31. The lowest BCUT2D eigenvalue weighted by molar-refractivity contribution is -0.121. The van der Waals surface area contributed by atoms with E-state index >= 15 is 0 Å². The van der Waals surface area contributed by atoms with Gasteiger partial charge in [0, 0.05) is 21.8 Å². The largest absolute Gasteiger partial charge is 0.308 e. The van der Waals surface area contributed by atoms with Crippen molar-refractivity contribution in [2.24, 2.45) is 5.92 Å². The number of aromatic amines is 1. The topological polar surface area (TPSA) is 61.0 Å². The first-order valence-electron chi connectivity index (χ1n) is 8.07. The molecule has 1 aliphatic rings. The number of aromatic nitrogens is 2. The number of H-pyrrole nitrogens is 1. The lowest BCUT2D eigenvalue weighted by Gasteiger charge is -2.32. The second-order valence-corrected chi connectivity index (χ2v) is 7.57. The van der Waals surface area contributed by atoms with Crippen LogP contribution in [0.15, 0.2) is 16.6 Å². The third kappa shape index (κ3) is 3.43. The first kappa shape index (κ1) is 16.5.